The van der Waals surface area contributed by atoms with E-state index < -0.39 is 5.63 Å². The van der Waals surface area contributed by atoms with Gasteiger partial charge in [-0.3, -0.25) is 0 Å². The van der Waals surface area contributed by atoms with E-state index in [0.717, 1.165) is 16.3 Å². The van der Waals surface area contributed by atoms with E-state index in [0.29, 0.717) is 16.7 Å². The lowest BCUT2D eigenvalue weighted by atomic mass is 9.94. The molecule has 1 aromatic heterocycles. The highest BCUT2D eigenvalue weighted by molar-refractivity contribution is 6.06. The van der Waals surface area contributed by atoms with Crippen LogP contribution in [0, 0.1) is 0 Å². The van der Waals surface area contributed by atoms with Crippen molar-refractivity contribution in [2.45, 2.75) is 19.8 Å². The molecule has 0 atom stereocenters. The van der Waals surface area contributed by atoms with E-state index >= 15 is 0 Å². The smallest absolute Gasteiger partial charge is 0.344 e. The van der Waals surface area contributed by atoms with Gasteiger partial charge in [0, 0.05) is 22.4 Å². The molecule has 0 aliphatic rings. The minimum atomic E-state index is -0.411. The van der Waals surface area contributed by atoms with Crippen molar-refractivity contribution in [1.29, 1.82) is 0 Å². The van der Waals surface area contributed by atoms with Gasteiger partial charge in [0.2, 0.25) is 0 Å². The molecule has 1 heterocycles. The largest absolute Gasteiger partial charge is 0.508 e. The Morgan fingerprint density at radius 2 is 1.86 bits per heavy atom. The van der Waals surface area contributed by atoms with Crippen LogP contribution >= 0.6 is 0 Å². The summed E-state index contributed by atoms with van der Waals surface area (Å²) in [7, 11) is 1.59. The number of fused-ring (bicyclic) bond motifs is 3. The summed E-state index contributed by atoms with van der Waals surface area (Å²) in [5, 5.41) is 11.7. The zero-order valence-corrected chi connectivity index (χ0v) is 12.1. The molecule has 1 N–H and O–H groups in total. The predicted molar refractivity (Wildman–Crippen MR) is 82.3 cm³/mol. The molecule has 108 valence electrons. The number of ether oxygens (including phenoxy) is 1. The summed E-state index contributed by atoms with van der Waals surface area (Å²) < 4.78 is 10.8. The van der Waals surface area contributed by atoms with Crippen molar-refractivity contribution < 1.29 is 14.3 Å². The van der Waals surface area contributed by atoms with Gasteiger partial charge in [0.25, 0.3) is 0 Å². The quantitative estimate of drug-likeness (QED) is 0.574. The molecule has 0 amide bonds. The molecule has 4 nitrogen and oxygen atoms in total. The van der Waals surface area contributed by atoms with E-state index in [-0.39, 0.29) is 11.7 Å². The van der Waals surface area contributed by atoms with Crippen molar-refractivity contribution in [2.75, 3.05) is 7.11 Å². The highest BCUT2D eigenvalue weighted by Crippen LogP contribution is 2.35. The number of phenols is 1. The maximum Gasteiger partial charge on any atom is 0.344 e. The summed E-state index contributed by atoms with van der Waals surface area (Å²) in [5.41, 5.74) is 0.816. The minimum Gasteiger partial charge on any atom is -0.508 e. The Labute approximate surface area is 121 Å². The molecule has 4 heteroatoms. The third-order valence-corrected chi connectivity index (χ3v) is 3.66. The van der Waals surface area contributed by atoms with Gasteiger partial charge in [0.1, 0.15) is 17.1 Å². The van der Waals surface area contributed by atoms with Crippen molar-refractivity contribution in [3.05, 3.63) is 46.3 Å². The molecular formula is C17H16O4. The van der Waals surface area contributed by atoms with Gasteiger partial charge in [0.15, 0.2) is 0 Å². The minimum absolute atomic E-state index is 0.0718. The molecule has 0 aliphatic heterocycles. The molecule has 0 saturated carbocycles. The molecule has 0 saturated heterocycles. The second-order valence-electron chi connectivity index (χ2n) is 5.33. The van der Waals surface area contributed by atoms with Gasteiger partial charge in [-0.1, -0.05) is 13.8 Å². The maximum atomic E-state index is 12.4. The Kier molecular flexibility index (Phi) is 3.09. The Balaban J connectivity index is 2.56. The van der Waals surface area contributed by atoms with Crippen molar-refractivity contribution in [2.24, 2.45) is 0 Å². The summed E-state index contributed by atoms with van der Waals surface area (Å²) in [6.45, 7) is 4.02. The van der Waals surface area contributed by atoms with Gasteiger partial charge in [-0.25, -0.2) is 4.79 Å². The number of aromatic hydroxyl groups is 1. The van der Waals surface area contributed by atoms with Gasteiger partial charge in [-0.2, -0.15) is 0 Å². The van der Waals surface area contributed by atoms with Gasteiger partial charge < -0.3 is 14.3 Å². The molecule has 0 bridgehead atoms. The van der Waals surface area contributed by atoms with Gasteiger partial charge in [-0.15, -0.1) is 0 Å². The van der Waals surface area contributed by atoms with E-state index in [1.807, 2.05) is 26.0 Å². The van der Waals surface area contributed by atoms with E-state index in [1.54, 1.807) is 19.2 Å². The van der Waals surface area contributed by atoms with E-state index in [9.17, 15) is 9.90 Å². The molecule has 0 fully saturated rings. The highest BCUT2D eigenvalue weighted by atomic mass is 16.5. The predicted octanol–water partition coefficient (Wildman–Crippen LogP) is 3.78. The van der Waals surface area contributed by atoms with Crippen LogP contribution < -0.4 is 10.4 Å². The second-order valence-corrected chi connectivity index (χ2v) is 5.33. The fourth-order valence-corrected chi connectivity index (χ4v) is 2.76. The maximum absolute atomic E-state index is 12.4. The summed E-state index contributed by atoms with van der Waals surface area (Å²) in [5.74, 6) is 0.881. The number of methoxy groups -OCH3 is 1. The second kappa shape index (κ2) is 4.81. The summed E-state index contributed by atoms with van der Waals surface area (Å²) >= 11 is 0. The van der Waals surface area contributed by atoms with E-state index in [2.05, 4.69) is 0 Å². The van der Waals surface area contributed by atoms with Crippen LogP contribution in [0.3, 0.4) is 0 Å². The molecule has 3 aromatic rings. The Bertz CT molecular complexity index is 891. The number of rotatable bonds is 2. The van der Waals surface area contributed by atoms with Crippen molar-refractivity contribution in [1.82, 2.24) is 0 Å². The topological polar surface area (TPSA) is 59.7 Å². The Morgan fingerprint density at radius 1 is 1.14 bits per heavy atom. The lowest BCUT2D eigenvalue weighted by molar-refractivity contribution is 0.408. The molecule has 0 radical (unpaired) electrons. The first-order valence-corrected chi connectivity index (χ1v) is 6.79. The Morgan fingerprint density at radius 3 is 2.52 bits per heavy atom. The van der Waals surface area contributed by atoms with Crippen molar-refractivity contribution in [3.8, 4) is 11.5 Å². The standard InChI is InChI=1S/C17H16O4/c1-9(2)15-13(20-3)7-6-12-11-5-4-10(18)8-14(11)21-17(19)16(12)15/h4-9,18H,1-3H3. The summed E-state index contributed by atoms with van der Waals surface area (Å²) in [6, 6.07) is 8.52. The van der Waals surface area contributed by atoms with Crippen LogP contribution in [0.5, 0.6) is 11.5 Å². The van der Waals surface area contributed by atoms with E-state index in [1.165, 1.54) is 6.07 Å². The highest BCUT2D eigenvalue weighted by Gasteiger charge is 2.18. The molecule has 0 spiro atoms. The fourth-order valence-electron chi connectivity index (χ4n) is 2.76. The van der Waals surface area contributed by atoms with Crippen molar-refractivity contribution in [3.63, 3.8) is 0 Å². The third kappa shape index (κ3) is 2.03. The SMILES string of the molecule is COc1ccc2c(c1C(C)C)c(=O)oc1cc(O)ccc12. The fraction of sp³-hybridized carbons (Fsp3) is 0.235. The van der Waals surface area contributed by atoms with Gasteiger partial charge >= 0.3 is 5.63 Å². The van der Waals surface area contributed by atoms with Crippen LogP contribution in [0.1, 0.15) is 25.3 Å². The summed E-state index contributed by atoms with van der Waals surface area (Å²) in [6.07, 6.45) is 0. The van der Waals surface area contributed by atoms with Crippen LogP contribution in [0.2, 0.25) is 0 Å². The normalized spacial score (nSPS) is 11.4. The zero-order valence-electron chi connectivity index (χ0n) is 12.1. The first kappa shape index (κ1) is 13.5. The van der Waals surface area contributed by atoms with Crippen LogP contribution in [0.4, 0.5) is 0 Å². The molecule has 2 aromatic carbocycles. The van der Waals surface area contributed by atoms with Crippen LogP contribution in [0.25, 0.3) is 21.7 Å². The number of hydrogen-bond donors (Lipinski definition) is 1. The first-order chi connectivity index (χ1) is 10.0. The monoisotopic (exact) mass is 284 g/mol. The van der Waals surface area contributed by atoms with Crippen LogP contribution in [-0.4, -0.2) is 12.2 Å². The van der Waals surface area contributed by atoms with Crippen LogP contribution in [-0.2, 0) is 0 Å². The average molecular weight is 284 g/mol. The lowest BCUT2D eigenvalue weighted by Gasteiger charge is -2.15. The Hall–Kier alpha value is -2.49. The molecule has 0 aliphatic carbocycles. The summed E-state index contributed by atoms with van der Waals surface area (Å²) in [4.78, 5) is 12.4. The van der Waals surface area contributed by atoms with Crippen molar-refractivity contribution >= 4 is 21.7 Å². The molecule has 21 heavy (non-hydrogen) atoms. The zero-order chi connectivity index (χ0) is 15.1. The number of hydrogen-bond acceptors (Lipinski definition) is 4. The number of benzene rings is 2. The third-order valence-electron chi connectivity index (χ3n) is 3.66. The average Bonchev–Trinajstić information content (AvgIpc) is 2.45. The van der Waals surface area contributed by atoms with E-state index in [4.69, 9.17) is 9.15 Å². The number of phenolic OH excluding ortho intramolecular Hbond substituents is 1. The van der Waals surface area contributed by atoms with Crippen LogP contribution in [0.15, 0.2) is 39.5 Å². The molecule has 0 unspecified atom stereocenters. The molecular weight excluding hydrogens is 268 g/mol. The van der Waals surface area contributed by atoms with Gasteiger partial charge in [-0.05, 0) is 30.2 Å². The van der Waals surface area contributed by atoms with Gasteiger partial charge in [0.05, 0.1) is 12.5 Å². The first-order valence-electron chi connectivity index (χ1n) is 6.79. The lowest BCUT2D eigenvalue weighted by Crippen LogP contribution is -2.06. The molecule has 3 rings (SSSR count).